The Labute approximate surface area is 151 Å². The van der Waals surface area contributed by atoms with Gasteiger partial charge in [-0.05, 0) is 49.7 Å². The molecule has 0 aliphatic carbocycles. The third kappa shape index (κ3) is 4.70. The first-order valence-corrected chi connectivity index (χ1v) is 9.64. The molecule has 2 aromatic rings. The molecule has 1 N–H and O–H groups in total. The number of aryl methyl sites for hydroxylation is 1. The van der Waals surface area contributed by atoms with Gasteiger partial charge in [0.25, 0.3) is 0 Å². The normalized spacial score (nSPS) is 12.5. The van der Waals surface area contributed by atoms with Crippen molar-refractivity contribution in [3.63, 3.8) is 0 Å². The molecule has 0 aliphatic rings. The molecule has 0 spiro atoms. The van der Waals surface area contributed by atoms with Crippen LogP contribution < -0.4 is 9.62 Å². The van der Waals surface area contributed by atoms with Crippen LogP contribution in [0.5, 0.6) is 0 Å². The van der Waals surface area contributed by atoms with Crippen LogP contribution in [0.1, 0.15) is 12.5 Å². The number of hydrogen-bond acceptors (Lipinski definition) is 3. The molecule has 8 heteroatoms. The number of halogens is 2. The van der Waals surface area contributed by atoms with Gasteiger partial charge in [-0.1, -0.05) is 23.7 Å². The summed E-state index contributed by atoms with van der Waals surface area (Å²) in [6, 6.07) is 9.56. The third-order valence-corrected chi connectivity index (χ3v) is 5.06. The Morgan fingerprint density at radius 3 is 2.48 bits per heavy atom. The van der Waals surface area contributed by atoms with Crippen molar-refractivity contribution in [2.75, 3.05) is 15.9 Å². The SMILES string of the molecule is Cc1cccc(N([C@H](C)C(=O)Nc2ccc(F)c(Cl)c2)S(C)(=O)=O)c1. The zero-order valence-electron chi connectivity index (χ0n) is 14.0. The molecule has 0 unspecified atom stereocenters. The van der Waals surface area contributed by atoms with E-state index in [0.717, 1.165) is 22.2 Å². The molecular weight excluding hydrogens is 367 g/mol. The second-order valence-corrected chi connectivity index (χ2v) is 7.96. The molecule has 0 radical (unpaired) electrons. The highest BCUT2D eigenvalue weighted by Crippen LogP contribution is 2.24. The largest absolute Gasteiger partial charge is 0.324 e. The van der Waals surface area contributed by atoms with E-state index in [0.29, 0.717) is 5.69 Å². The van der Waals surface area contributed by atoms with Gasteiger partial charge >= 0.3 is 0 Å². The summed E-state index contributed by atoms with van der Waals surface area (Å²) in [4.78, 5) is 12.5. The molecule has 1 amide bonds. The fourth-order valence-electron chi connectivity index (χ4n) is 2.39. The van der Waals surface area contributed by atoms with Gasteiger partial charge in [-0.2, -0.15) is 0 Å². The second kappa shape index (κ2) is 7.41. The lowest BCUT2D eigenvalue weighted by Gasteiger charge is -2.28. The van der Waals surface area contributed by atoms with Gasteiger partial charge in [-0.25, -0.2) is 12.8 Å². The number of benzene rings is 2. The van der Waals surface area contributed by atoms with E-state index in [-0.39, 0.29) is 10.7 Å². The van der Waals surface area contributed by atoms with Gasteiger partial charge in [0.2, 0.25) is 15.9 Å². The number of nitrogens with one attached hydrogen (secondary N) is 1. The Morgan fingerprint density at radius 2 is 1.92 bits per heavy atom. The second-order valence-electron chi connectivity index (χ2n) is 5.69. The number of rotatable bonds is 5. The van der Waals surface area contributed by atoms with Gasteiger partial charge < -0.3 is 5.32 Å². The van der Waals surface area contributed by atoms with Crippen molar-refractivity contribution in [3.05, 3.63) is 58.9 Å². The third-order valence-electron chi connectivity index (χ3n) is 3.53. The summed E-state index contributed by atoms with van der Waals surface area (Å²) in [6.07, 6.45) is 1.04. The molecule has 1 atom stereocenters. The predicted octanol–water partition coefficient (Wildman–Crippen LogP) is 3.58. The van der Waals surface area contributed by atoms with Crippen LogP contribution in [-0.4, -0.2) is 26.6 Å². The Balaban J connectivity index is 2.31. The van der Waals surface area contributed by atoms with E-state index in [1.807, 2.05) is 13.0 Å². The quantitative estimate of drug-likeness (QED) is 0.856. The number of sulfonamides is 1. The summed E-state index contributed by atoms with van der Waals surface area (Å²) in [6.45, 7) is 3.30. The van der Waals surface area contributed by atoms with Crippen molar-refractivity contribution in [2.45, 2.75) is 19.9 Å². The highest BCUT2D eigenvalue weighted by atomic mass is 35.5. The zero-order chi connectivity index (χ0) is 18.8. The van der Waals surface area contributed by atoms with E-state index in [2.05, 4.69) is 5.32 Å². The highest BCUT2D eigenvalue weighted by molar-refractivity contribution is 7.92. The van der Waals surface area contributed by atoms with E-state index in [1.165, 1.54) is 19.1 Å². The minimum atomic E-state index is -3.70. The van der Waals surface area contributed by atoms with Crippen LogP contribution in [0.25, 0.3) is 0 Å². The molecule has 0 heterocycles. The van der Waals surface area contributed by atoms with Crippen LogP contribution >= 0.6 is 11.6 Å². The molecule has 25 heavy (non-hydrogen) atoms. The van der Waals surface area contributed by atoms with E-state index >= 15 is 0 Å². The standard InChI is InChI=1S/C17H18ClFN2O3S/c1-11-5-4-6-14(9-11)21(25(3,23)24)12(2)17(22)20-13-7-8-16(19)15(18)10-13/h4-10,12H,1-3H3,(H,20,22)/t12-/m1/s1. The first-order chi connectivity index (χ1) is 11.6. The number of carbonyl (C=O) groups is 1. The lowest BCUT2D eigenvalue weighted by molar-refractivity contribution is -0.116. The van der Waals surface area contributed by atoms with Crippen molar-refractivity contribution in [3.8, 4) is 0 Å². The molecule has 0 bridgehead atoms. The number of amides is 1. The van der Waals surface area contributed by atoms with Crippen LogP contribution in [0.2, 0.25) is 5.02 Å². The van der Waals surface area contributed by atoms with Gasteiger partial charge in [-0.3, -0.25) is 9.10 Å². The highest BCUT2D eigenvalue weighted by Gasteiger charge is 2.29. The lowest BCUT2D eigenvalue weighted by Crippen LogP contribution is -2.45. The maximum atomic E-state index is 13.2. The summed E-state index contributed by atoms with van der Waals surface area (Å²) >= 11 is 5.69. The van der Waals surface area contributed by atoms with Crippen molar-refractivity contribution < 1.29 is 17.6 Å². The van der Waals surface area contributed by atoms with Gasteiger partial charge in [0.1, 0.15) is 11.9 Å². The molecule has 0 aliphatic heterocycles. The Kier molecular flexibility index (Phi) is 5.69. The molecule has 0 saturated carbocycles. The number of anilines is 2. The van der Waals surface area contributed by atoms with Crippen LogP contribution in [0.3, 0.4) is 0 Å². The van der Waals surface area contributed by atoms with Crippen LogP contribution in [0.15, 0.2) is 42.5 Å². The van der Waals surface area contributed by atoms with E-state index < -0.39 is 27.8 Å². The molecule has 2 aromatic carbocycles. The van der Waals surface area contributed by atoms with Gasteiger partial charge in [0.15, 0.2) is 0 Å². The fraction of sp³-hybridized carbons (Fsp3) is 0.235. The lowest BCUT2D eigenvalue weighted by atomic mass is 10.2. The van der Waals surface area contributed by atoms with Crippen molar-refractivity contribution >= 4 is 38.9 Å². The van der Waals surface area contributed by atoms with Gasteiger partial charge in [0.05, 0.1) is 17.0 Å². The monoisotopic (exact) mass is 384 g/mol. The van der Waals surface area contributed by atoms with Gasteiger partial charge in [-0.15, -0.1) is 0 Å². The van der Waals surface area contributed by atoms with Crippen LogP contribution in [0, 0.1) is 12.7 Å². The summed E-state index contributed by atoms with van der Waals surface area (Å²) in [5, 5.41) is 2.42. The Morgan fingerprint density at radius 1 is 1.24 bits per heavy atom. The summed E-state index contributed by atoms with van der Waals surface area (Å²) < 4.78 is 38.7. The maximum absolute atomic E-state index is 13.2. The molecule has 0 saturated heterocycles. The minimum absolute atomic E-state index is 0.135. The average molecular weight is 385 g/mol. The fourth-order valence-corrected chi connectivity index (χ4v) is 3.74. The van der Waals surface area contributed by atoms with Gasteiger partial charge in [0, 0.05) is 5.69 Å². The summed E-state index contributed by atoms with van der Waals surface area (Å²) in [5.41, 5.74) is 1.53. The van der Waals surface area contributed by atoms with Crippen LogP contribution in [0.4, 0.5) is 15.8 Å². The van der Waals surface area contributed by atoms with Crippen molar-refractivity contribution in [1.29, 1.82) is 0 Å². The summed E-state index contributed by atoms with van der Waals surface area (Å²) in [5.74, 6) is -1.17. The van der Waals surface area contributed by atoms with Crippen molar-refractivity contribution in [2.24, 2.45) is 0 Å². The maximum Gasteiger partial charge on any atom is 0.247 e. The van der Waals surface area contributed by atoms with E-state index in [4.69, 9.17) is 11.6 Å². The van der Waals surface area contributed by atoms with E-state index in [1.54, 1.807) is 18.2 Å². The van der Waals surface area contributed by atoms with Crippen molar-refractivity contribution in [1.82, 2.24) is 0 Å². The molecule has 0 aromatic heterocycles. The molecular formula is C17H18ClFN2O3S. The number of nitrogens with zero attached hydrogens (tertiary/aromatic N) is 1. The molecule has 5 nitrogen and oxygen atoms in total. The molecule has 134 valence electrons. The van der Waals surface area contributed by atoms with Crippen LogP contribution in [-0.2, 0) is 14.8 Å². The van der Waals surface area contributed by atoms with E-state index in [9.17, 15) is 17.6 Å². The predicted molar refractivity (Wildman–Crippen MR) is 98.0 cm³/mol. The number of carbonyl (C=O) groups excluding carboxylic acids is 1. The topological polar surface area (TPSA) is 66.5 Å². The molecule has 0 fully saturated rings. The average Bonchev–Trinajstić information content (AvgIpc) is 2.49. The first kappa shape index (κ1) is 19.2. The zero-order valence-corrected chi connectivity index (χ0v) is 15.5. The Bertz CT molecular complexity index is 903. The Hall–Kier alpha value is -2.12. The first-order valence-electron chi connectivity index (χ1n) is 7.41. The minimum Gasteiger partial charge on any atom is -0.324 e. The molecule has 2 rings (SSSR count). The summed E-state index contributed by atoms with van der Waals surface area (Å²) in [7, 11) is -3.70. The number of hydrogen-bond donors (Lipinski definition) is 1. The smallest absolute Gasteiger partial charge is 0.247 e.